The molecule has 0 spiro atoms. The minimum Gasteiger partial charge on any atom is -0.350 e. The van der Waals surface area contributed by atoms with E-state index in [1.165, 1.54) is 17.4 Å². The van der Waals surface area contributed by atoms with Gasteiger partial charge in [-0.3, -0.25) is 10.1 Å². The summed E-state index contributed by atoms with van der Waals surface area (Å²) in [5.41, 5.74) is 2.42. The first kappa shape index (κ1) is 18.0. The number of hydrogen-bond acceptors (Lipinski definition) is 6. The zero-order valence-corrected chi connectivity index (χ0v) is 15.3. The fraction of sp³-hybridized carbons (Fsp3) is 0.111. The van der Waals surface area contributed by atoms with Crippen molar-refractivity contribution in [1.82, 2.24) is 4.98 Å². The molecule has 1 aromatic heterocycles. The summed E-state index contributed by atoms with van der Waals surface area (Å²) in [5.74, 6) is -0.402. The van der Waals surface area contributed by atoms with Crippen LogP contribution in [-0.2, 0) is 4.79 Å². The van der Waals surface area contributed by atoms with E-state index in [1.54, 1.807) is 25.3 Å². The third-order valence-corrected chi connectivity index (χ3v) is 4.98. The Morgan fingerprint density at radius 2 is 2.12 bits per heavy atom. The van der Waals surface area contributed by atoms with Crippen LogP contribution in [0.15, 0.2) is 48.7 Å². The van der Waals surface area contributed by atoms with Crippen LogP contribution in [0, 0.1) is 10.1 Å². The number of hydrogen-bond donors (Lipinski definition) is 1. The smallest absolute Gasteiger partial charge is 0.292 e. The molecule has 0 amide bonds. The second kappa shape index (κ2) is 7.63. The molecule has 3 rings (SSSR count). The predicted molar refractivity (Wildman–Crippen MR) is 103 cm³/mol. The maximum absolute atomic E-state index is 11.4. The Morgan fingerprint density at radius 1 is 1.31 bits per heavy atom. The molecule has 132 valence electrons. The van der Waals surface area contributed by atoms with Crippen molar-refractivity contribution in [2.24, 2.45) is 0 Å². The molecule has 26 heavy (non-hydrogen) atoms. The first-order chi connectivity index (χ1) is 12.5. The van der Waals surface area contributed by atoms with E-state index in [9.17, 15) is 14.9 Å². The summed E-state index contributed by atoms with van der Waals surface area (Å²) >= 11 is 7.29. The molecule has 1 heterocycles. The number of benzene rings is 2. The average molecular weight is 388 g/mol. The molecular formula is C18H14ClN3O3S. The van der Waals surface area contributed by atoms with Crippen LogP contribution in [0.4, 0.5) is 17.1 Å². The number of nitrogens with one attached hydrogen (secondary N) is 1. The minimum absolute atomic E-state index is 0.0844. The van der Waals surface area contributed by atoms with Crippen LogP contribution < -0.4 is 5.32 Å². The van der Waals surface area contributed by atoms with Gasteiger partial charge in [0.15, 0.2) is 0 Å². The number of thiazole rings is 1. The number of nitro groups is 1. The highest BCUT2D eigenvalue weighted by atomic mass is 35.5. The summed E-state index contributed by atoms with van der Waals surface area (Å²) in [6.07, 6.45) is 2.34. The number of aromatic nitrogens is 1. The van der Waals surface area contributed by atoms with Crippen molar-refractivity contribution in [3.63, 3.8) is 0 Å². The summed E-state index contributed by atoms with van der Waals surface area (Å²) in [5, 5.41) is 15.3. The van der Waals surface area contributed by atoms with Crippen LogP contribution in [0.25, 0.3) is 10.6 Å². The Labute approximate surface area is 158 Å². The van der Waals surface area contributed by atoms with Gasteiger partial charge in [-0.25, -0.2) is 4.98 Å². The zero-order valence-electron chi connectivity index (χ0n) is 13.7. The average Bonchev–Trinajstić information content (AvgIpc) is 3.08. The minimum atomic E-state index is -0.464. The van der Waals surface area contributed by atoms with Gasteiger partial charge in [-0.05, 0) is 23.8 Å². The van der Waals surface area contributed by atoms with Crippen LogP contribution in [0.1, 0.15) is 18.4 Å². The standard InChI is InChI=1S/C18H14ClN3O3S/c1-11(10-23)12-5-6-15(16(8-12)22(24)25)21-14-4-2-3-13(7-14)18-20-9-17(19)26-18/h2-11,21H,1H3. The van der Waals surface area contributed by atoms with Crippen LogP contribution in [-0.4, -0.2) is 16.2 Å². The van der Waals surface area contributed by atoms with Gasteiger partial charge in [0.1, 0.15) is 21.3 Å². The molecule has 1 atom stereocenters. The fourth-order valence-electron chi connectivity index (χ4n) is 2.44. The molecule has 0 aliphatic rings. The van der Waals surface area contributed by atoms with E-state index >= 15 is 0 Å². The molecule has 6 nitrogen and oxygen atoms in total. The lowest BCUT2D eigenvalue weighted by Gasteiger charge is -2.10. The number of carbonyl (C=O) groups excluding carboxylic acids is 1. The van der Waals surface area contributed by atoms with Gasteiger partial charge < -0.3 is 10.1 Å². The lowest BCUT2D eigenvalue weighted by atomic mass is 10.0. The van der Waals surface area contributed by atoms with E-state index in [2.05, 4.69) is 10.3 Å². The van der Waals surface area contributed by atoms with Crippen LogP contribution in [0.3, 0.4) is 0 Å². The molecule has 0 saturated heterocycles. The number of aldehydes is 1. The number of rotatable bonds is 6. The Morgan fingerprint density at radius 3 is 2.77 bits per heavy atom. The van der Waals surface area contributed by atoms with Crippen molar-refractivity contribution in [2.45, 2.75) is 12.8 Å². The predicted octanol–water partition coefficient (Wildman–Crippen LogP) is 5.42. The maximum Gasteiger partial charge on any atom is 0.292 e. The summed E-state index contributed by atoms with van der Waals surface area (Å²) < 4.78 is 0.592. The highest BCUT2D eigenvalue weighted by molar-refractivity contribution is 7.18. The summed E-state index contributed by atoms with van der Waals surface area (Å²) in [6, 6.07) is 12.1. The highest BCUT2D eigenvalue weighted by Gasteiger charge is 2.17. The summed E-state index contributed by atoms with van der Waals surface area (Å²) in [7, 11) is 0. The van der Waals surface area contributed by atoms with Crippen molar-refractivity contribution in [1.29, 1.82) is 0 Å². The second-order valence-corrected chi connectivity index (χ2v) is 7.30. The molecule has 0 bridgehead atoms. The number of nitro benzene ring substituents is 1. The van der Waals surface area contributed by atoms with Gasteiger partial charge in [-0.15, -0.1) is 11.3 Å². The van der Waals surface area contributed by atoms with E-state index < -0.39 is 10.8 Å². The fourth-order valence-corrected chi connectivity index (χ4v) is 3.35. The topological polar surface area (TPSA) is 85.1 Å². The van der Waals surface area contributed by atoms with Gasteiger partial charge in [0.05, 0.1) is 11.1 Å². The van der Waals surface area contributed by atoms with E-state index in [-0.39, 0.29) is 5.69 Å². The van der Waals surface area contributed by atoms with E-state index in [1.807, 2.05) is 24.3 Å². The summed E-state index contributed by atoms with van der Waals surface area (Å²) in [4.78, 5) is 26.1. The molecule has 0 aliphatic heterocycles. The molecule has 1 unspecified atom stereocenters. The highest BCUT2D eigenvalue weighted by Crippen LogP contribution is 2.33. The molecular weight excluding hydrogens is 374 g/mol. The SMILES string of the molecule is CC(C=O)c1ccc(Nc2cccc(-c3ncc(Cl)s3)c2)c([N+](=O)[O-])c1. The lowest BCUT2D eigenvalue weighted by Crippen LogP contribution is -2.01. The van der Waals surface area contributed by atoms with Gasteiger partial charge in [-0.2, -0.15) is 0 Å². The molecule has 1 N–H and O–H groups in total. The Kier molecular flexibility index (Phi) is 5.29. The normalized spacial score (nSPS) is 11.8. The van der Waals surface area contributed by atoms with E-state index in [4.69, 9.17) is 11.6 Å². The number of halogens is 1. The molecule has 0 fully saturated rings. The number of anilines is 2. The maximum atomic E-state index is 11.4. The van der Waals surface area contributed by atoms with Gasteiger partial charge >= 0.3 is 0 Å². The first-order valence-corrected chi connectivity index (χ1v) is 8.90. The van der Waals surface area contributed by atoms with Crippen LogP contribution >= 0.6 is 22.9 Å². The Hall–Kier alpha value is -2.77. The van der Waals surface area contributed by atoms with Gasteiger partial charge in [-0.1, -0.05) is 36.7 Å². The third-order valence-electron chi connectivity index (χ3n) is 3.81. The van der Waals surface area contributed by atoms with E-state index in [0.717, 1.165) is 16.9 Å². The van der Waals surface area contributed by atoms with E-state index in [0.29, 0.717) is 21.3 Å². The molecule has 2 aromatic carbocycles. The Balaban J connectivity index is 1.93. The number of carbonyl (C=O) groups is 1. The molecule has 3 aromatic rings. The molecule has 0 radical (unpaired) electrons. The largest absolute Gasteiger partial charge is 0.350 e. The number of nitrogens with zero attached hydrogens (tertiary/aromatic N) is 2. The molecule has 0 aliphatic carbocycles. The van der Waals surface area contributed by atoms with Crippen LogP contribution in [0.5, 0.6) is 0 Å². The molecule has 0 saturated carbocycles. The lowest BCUT2D eigenvalue weighted by molar-refractivity contribution is -0.384. The van der Waals surface area contributed by atoms with Crippen LogP contribution in [0.2, 0.25) is 4.34 Å². The Bertz CT molecular complexity index is 974. The quantitative estimate of drug-likeness (QED) is 0.347. The first-order valence-electron chi connectivity index (χ1n) is 7.70. The van der Waals surface area contributed by atoms with Gasteiger partial charge in [0.25, 0.3) is 5.69 Å². The zero-order chi connectivity index (χ0) is 18.7. The van der Waals surface area contributed by atoms with Crippen molar-refractivity contribution in [3.05, 3.63) is 68.7 Å². The van der Waals surface area contributed by atoms with Gasteiger partial charge in [0.2, 0.25) is 0 Å². The van der Waals surface area contributed by atoms with Gasteiger partial charge in [0, 0.05) is 23.2 Å². The second-order valence-electron chi connectivity index (χ2n) is 5.63. The van der Waals surface area contributed by atoms with Crippen molar-refractivity contribution < 1.29 is 9.72 Å². The third kappa shape index (κ3) is 3.89. The molecule has 8 heteroatoms. The van der Waals surface area contributed by atoms with Crippen molar-refractivity contribution >= 4 is 46.3 Å². The monoisotopic (exact) mass is 387 g/mol. The van der Waals surface area contributed by atoms with Crippen molar-refractivity contribution in [3.8, 4) is 10.6 Å². The summed E-state index contributed by atoms with van der Waals surface area (Å²) in [6.45, 7) is 1.70. The van der Waals surface area contributed by atoms with Crippen molar-refractivity contribution in [2.75, 3.05) is 5.32 Å².